The van der Waals surface area contributed by atoms with Crippen LogP contribution in [0.2, 0.25) is 0 Å². The molecule has 0 radical (unpaired) electrons. The first-order chi connectivity index (χ1) is 11.5. The Balaban J connectivity index is 2.34. The number of nitrogens with one attached hydrogen (secondary N) is 2. The molecule has 25 heavy (non-hydrogen) atoms. The van der Waals surface area contributed by atoms with Crippen molar-refractivity contribution in [2.45, 2.75) is 23.6 Å². The van der Waals surface area contributed by atoms with Crippen molar-refractivity contribution in [1.29, 1.82) is 0 Å². The van der Waals surface area contributed by atoms with Crippen molar-refractivity contribution in [3.8, 4) is 0 Å². The maximum Gasteiger partial charge on any atom is 0.257 e. The van der Waals surface area contributed by atoms with Crippen LogP contribution >= 0.6 is 0 Å². The second kappa shape index (κ2) is 6.75. The maximum atomic E-state index is 13.6. The molecule has 0 aliphatic heterocycles. The number of halogens is 3. The van der Waals surface area contributed by atoms with E-state index in [4.69, 9.17) is 0 Å². The lowest BCUT2D eigenvalue weighted by atomic mass is 10.2. The van der Waals surface area contributed by atoms with Crippen LogP contribution in [0.1, 0.15) is 11.1 Å². The van der Waals surface area contributed by atoms with E-state index in [1.165, 1.54) is 23.9 Å². The fourth-order valence-corrected chi connectivity index (χ4v) is 4.44. The van der Waals surface area contributed by atoms with Crippen LogP contribution in [0.4, 0.5) is 13.2 Å². The van der Waals surface area contributed by atoms with Gasteiger partial charge in [0.05, 0.1) is 4.90 Å². The van der Waals surface area contributed by atoms with Crippen molar-refractivity contribution in [2.75, 3.05) is 0 Å². The molecule has 0 atom stereocenters. The third-order valence-electron chi connectivity index (χ3n) is 3.23. The van der Waals surface area contributed by atoms with E-state index in [0.29, 0.717) is 23.3 Å². The van der Waals surface area contributed by atoms with E-state index in [9.17, 15) is 30.0 Å². The first kappa shape index (κ1) is 19.4. The van der Waals surface area contributed by atoms with Crippen molar-refractivity contribution < 1.29 is 30.0 Å². The van der Waals surface area contributed by atoms with Crippen LogP contribution in [0.3, 0.4) is 0 Å². The molecule has 0 aliphatic carbocycles. The standard InChI is InChI=1S/C14H13F3N2O4S2/c1-8-3-4-9(2)12(7-8)25(22,23)19-18-24(20,21)11-6-5-10(15)13(16)14(11)17/h3-7,18-19H,1-2H3. The van der Waals surface area contributed by atoms with E-state index in [2.05, 4.69) is 0 Å². The zero-order chi connectivity index (χ0) is 19.0. The van der Waals surface area contributed by atoms with Gasteiger partial charge in [0.1, 0.15) is 4.90 Å². The molecule has 0 fully saturated rings. The van der Waals surface area contributed by atoms with E-state index in [-0.39, 0.29) is 4.90 Å². The van der Waals surface area contributed by atoms with Crippen LogP contribution in [0.25, 0.3) is 0 Å². The third-order valence-corrected chi connectivity index (χ3v) is 6.02. The molecule has 0 bridgehead atoms. The van der Waals surface area contributed by atoms with Crippen molar-refractivity contribution in [3.05, 3.63) is 58.9 Å². The summed E-state index contributed by atoms with van der Waals surface area (Å²) in [6.07, 6.45) is 0. The lowest BCUT2D eigenvalue weighted by molar-refractivity contribution is 0.431. The van der Waals surface area contributed by atoms with E-state index in [1.807, 2.05) is 0 Å². The van der Waals surface area contributed by atoms with Crippen LogP contribution in [0.5, 0.6) is 0 Å². The zero-order valence-corrected chi connectivity index (χ0v) is 14.6. The van der Waals surface area contributed by atoms with Gasteiger partial charge in [-0.2, -0.15) is 0 Å². The summed E-state index contributed by atoms with van der Waals surface area (Å²) in [6.45, 7) is 3.14. The van der Waals surface area contributed by atoms with Crippen LogP contribution < -0.4 is 9.66 Å². The Hall–Kier alpha value is -1.95. The SMILES string of the molecule is Cc1ccc(C)c(S(=O)(=O)NNS(=O)(=O)c2ccc(F)c(F)c2F)c1. The number of rotatable bonds is 5. The highest BCUT2D eigenvalue weighted by Gasteiger charge is 2.26. The molecule has 2 aromatic carbocycles. The number of hydrazine groups is 1. The largest absolute Gasteiger partial charge is 0.257 e. The second-order valence-electron chi connectivity index (χ2n) is 5.15. The summed E-state index contributed by atoms with van der Waals surface area (Å²) in [5.74, 6) is -5.52. The smallest absolute Gasteiger partial charge is 0.206 e. The number of hydrogen-bond acceptors (Lipinski definition) is 4. The number of sulfonamides is 2. The van der Waals surface area contributed by atoms with Gasteiger partial charge >= 0.3 is 0 Å². The summed E-state index contributed by atoms with van der Waals surface area (Å²) >= 11 is 0. The van der Waals surface area contributed by atoms with Gasteiger partial charge in [-0.15, -0.1) is 9.66 Å². The highest BCUT2D eigenvalue weighted by molar-refractivity contribution is 7.92. The van der Waals surface area contributed by atoms with Gasteiger partial charge in [-0.05, 0) is 43.2 Å². The summed E-state index contributed by atoms with van der Waals surface area (Å²) in [5, 5.41) is 0. The molecule has 0 spiro atoms. The van der Waals surface area contributed by atoms with Gasteiger partial charge in [-0.25, -0.2) is 30.0 Å². The molecule has 0 aliphatic rings. The van der Waals surface area contributed by atoms with Crippen molar-refractivity contribution >= 4 is 20.0 Å². The van der Waals surface area contributed by atoms with Gasteiger partial charge in [0.2, 0.25) is 0 Å². The van der Waals surface area contributed by atoms with Crippen LogP contribution in [-0.4, -0.2) is 16.8 Å². The molecule has 0 heterocycles. The van der Waals surface area contributed by atoms with Gasteiger partial charge in [0.25, 0.3) is 20.0 Å². The zero-order valence-electron chi connectivity index (χ0n) is 13.0. The molecule has 2 aromatic rings. The monoisotopic (exact) mass is 394 g/mol. The molecule has 0 aromatic heterocycles. The first-order valence-corrected chi connectivity index (χ1v) is 9.67. The fraction of sp³-hybridized carbons (Fsp3) is 0.143. The van der Waals surface area contributed by atoms with Crippen molar-refractivity contribution in [3.63, 3.8) is 0 Å². The predicted octanol–water partition coefficient (Wildman–Crippen LogP) is 1.89. The van der Waals surface area contributed by atoms with Crippen LogP contribution in [0.15, 0.2) is 40.1 Å². The summed E-state index contributed by atoms with van der Waals surface area (Å²) in [5.41, 5.74) is 0.955. The molecular formula is C14H13F3N2O4S2. The molecular weight excluding hydrogens is 381 g/mol. The third kappa shape index (κ3) is 4.00. The van der Waals surface area contributed by atoms with Crippen LogP contribution in [0, 0.1) is 31.3 Å². The Morgan fingerprint density at radius 2 is 1.32 bits per heavy atom. The Kier molecular flexibility index (Phi) is 5.23. The first-order valence-electron chi connectivity index (χ1n) is 6.70. The lowest BCUT2D eigenvalue weighted by Gasteiger charge is -2.12. The van der Waals surface area contributed by atoms with Crippen molar-refractivity contribution in [1.82, 2.24) is 9.66 Å². The van der Waals surface area contributed by atoms with Crippen LogP contribution in [-0.2, 0) is 20.0 Å². The summed E-state index contributed by atoms with van der Waals surface area (Å²) in [4.78, 5) is 1.61. The summed E-state index contributed by atoms with van der Waals surface area (Å²) in [6, 6.07) is 5.38. The minimum atomic E-state index is -4.82. The Bertz CT molecular complexity index is 1040. The number of hydrogen-bond donors (Lipinski definition) is 2. The molecule has 6 nitrogen and oxygen atoms in total. The average molecular weight is 394 g/mol. The summed E-state index contributed by atoms with van der Waals surface area (Å²) in [7, 11) is -9.13. The quantitative estimate of drug-likeness (QED) is 0.598. The van der Waals surface area contributed by atoms with Crippen molar-refractivity contribution in [2.24, 2.45) is 0 Å². The fourth-order valence-electron chi connectivity index (χ4n) is 1.93. The second-order valence-corrected chi connectivity index (χ2v) is 8.46. The molecule has 0 saturated heterocycles. The van der Waals surface area contributed by atoms with Gasteiger partial charge < -0.3 is 0 Å². The van der Waals surface area contributed by atoms with Gasteiger partial charge in [0, 0.05) is 0 Å². The minimum Gasteiger partial charge on any atom is -0.206 e. The Morgan fingerprint density at radius 1 is 0.760 bits per heavy atom. The Morgan fingerprint density at radius 3 is 1.92 bits per heavy atom. The Labute approximate surface area is 142 Å². The molecule has 2 rings (SSSR count). The van der Waals surface area contributed by atoms with E-state index in [1.54, 1.807) is 17.8 Å². The molecule has 0 unspecified atom stereocenters. The average Bonchev–Trinajstić information content (AvgIpc) is 2.53. The number of benzene rings is 2. The van der Waals surface area contributed by atoms with Gasteiger partial charge in [-0.3, -0.25) is 0 Å². The molecule has 136 valence electrons. The maximum absolute atomic E-state index is 13.6. The minimum absolute atomic E-state index is 0.194. The highest BCUT2D eigenvalue weighted by atomic mass is 32.2. The molecule has 0 saturated carbocycles. The predicted molar refractivity (Wildman–Crippen MR) is 82.9 cm³/mol. The number of aryl methyl sites for hydroxylation is 2. The van der Waals surface area contributed by atoms with Gasteiger partial charge in [0.15, 0.2) is 17.5 Å². The molecule has 11 heteroatoms. The van der Waals surface area contributed by atoms with E-state index in [0.717, 1.165) is 0 Å². The van der Waals surface area contributed by atoms with E-state index >= 15 is 0 Å². The topological polar surface area (TPSA) is 92.3 Å². The normalized spacial score (nSPS) is 12.4. The highest BCUT2D eigenvalue weighted by Crippen LogP contribution is 2.20. The molecule has 2 N–H and O–H groups in total. The van der Waals surface area contributed by atoms with E-state index < -0.39 is 42.4 Å². The molecule has 0 amide bonds. The summed E-state index contributed by atoms with van der Waals surface area (Å²) < 4.78 is 88.1. The van der Waals surface area contributed by atoms with Gasteiger partial charge in [-0.1, -0.05) is 12.1 Å². The lowest BCUT2D eigenvalue weighted by Crippen LogP contribution is -2.42.